The van der Waals surface area contributed by atoms with Crippen molar-refractivity contribution in [1.29, 1.82) is 0 Å². The molecule has 20 heavy (non-hydrogen) atoms. The monoisotopic (exact) mass is 296 g/mol. The highest BCUT2D eigenvalue weighted by molar-refractivity contribution is 7.98. The third-order valence-electron chi connectivity index (χ3n) is 2.75. The van der Waals surface area contributed by atoms with Crippen molar-refractivity contribution in [3.8, 4) is 0 Å². The molecular weight excluding hydrogens is 272 g/mol. The van der Waals surface area contributed by atoms with E-state index in [1.807, 2.05) is 11.8 Å². The quantitative estimate of drug-likeness (QED) is 0.645. The normalized spacial score (nSPS) is 11.9. The van der Waals surface area contributed by atoms with Gasteiger partial charge < -0.3 is 15.7 Å². The number of urea groups is 1. The SMILES string of the molecule is Cc1cccc(CSCCCNC(=O)N[C@H](C)CO)c1. The second-order valence-corrected chi connectivity index (χ2v) is 5.98. The third-order valence-corrected chi connectivity index (χ3v) is 3.87. The van der Waals surface area contributed by atoms with Gasteiger partial charge in [-0.25, -0.2) is 4.79 Å². The lowest BCUT2D eigenvalue weighted by molar-refractivity contribution is 0.220. The molecule has 0 bridgehead atoms. The molecule has 1 rings (SSSR count). The Morgan fingerprint density at radius 2 is 2.25 bits per heavy atom. The highest BCUT2D eigenvalue weighted by Crippen LogP contribution is 2.13. The summed E-state index contributed by atoms with van der Waals surface area (Å²) in [6.07, 6.45) is 0.942. The Balaban J connectivity index is 2.04. The maximum Gasteiger partial charge on any atom is 0.315 e. The van der Waals surface area contributed by atoms with E-state index < -0.39 is 0 Å². The maximum atomic E-state index is 11.4. The van der Waals surface area contributed by atoms with Crippen LogP contribution in [0.3, 0.4) is 0 Å². The second kappa shape index (κ2) is 9.66. The number of nitrogens with one attached hydrogen (secondary N) is 2. The molecule has 0 aliphatic carbocycles. The molecule has 0 aliphatic rings. The van der Waals surface area contributed by atoms with Crippen molar-refractivity contribution in [3.63, 3.8) is 0 Å². The minimum atomic E-state index is -0.213. The Bertz CT molecular complexity index is 413. The van der Waals surface area contributed by atoms with Crippen LogP contribution in [0, 0.1) is 6.92 Å². The number of amides is 2. The molecule has 0 fully saturated rings. The Kier molecular flexibility index (Phi) is 8.14. The van der Waals surface area contributed by atoms with E-state index in [0.29, 0.717) is 6.54 Å². The summed E-state index contributed by atoms with van der Waals surface area (Å²) in [5.41, 5.74) is 2.64. The van der Waals surface area contributed by atoms with Gasteiger partial charge in [-0.05, 0) is 31.6 Å². The lowest BCUT2D eigenvalue weighted by Crippen LogP contribution is -2.42. The third kappa shape index (κ3) is 7.40. The van der Waals surface area contributed by atoms with Crippen molar-refractivity contribution < 1.29 is 9.90 Å². The van der Waals surface area contributed by atoms with E-state index in [-0.39, 0.29) is 18.7 Å². The van der Waals surface area contributed by atoms with Gasteiger partial charge in [-0.1, -0.05) is 29.8 Å². The van der Waals surface area contributed by atoms with Crippen LogP contribution in [0.25, 0.3) is 0 Å². The predicted octanol–water partition coefficient (Wildman–Crippen LogP) is 2.30. The van der Waals surface area contributed by atoms with E-state index in [0.717, 1.165) is 17.9 Å². The van der Waals surface area contributed by atoms with Crippen LogP contribution in [0.15, 0.2) is 24.3 Å². The van der Waals surface area contributed by atoms with Crippen molar-refractivity contribution in [2.24, 2.45) is 0 Å². The number of hydrogen-bond acceptors (Lipinski definition) is 3. The molecule has 112 valence electrons. The van der Waals surface area contributed by atoms with Gasteiger partial charge in [0.05, 0.1) is 12.6 Å². The standard InChI is InChI=1S/C15H24N2O2S/c1-12-5-3-6-14(9-12)11-20-8-4-7-16-15(19)17-13(2)10-18/h3,5-6,9,13,18H,4,7-8,10-11H2,1-2H3,(H2,16,17,19)/t13-/m1/s1. The summed E-state index contributed by atoms with van der Waals surface area (Å²) < 4.78 is 0. The molecule has 3 N–H and O–H groups in total. The molecule has 5 heteroatoms. The van der Waals surface area contributed by atoms with E-state index in [4.69, 9.17) is 5.11 Å². The number of aliphatic hydroxyl groups excluding tert-OH is 1. The van der Waals surface area contributed by atoms with Gasteiger partial charge in [-0.2, -0.15) is 11.8 Å². The van der Waals surface area contributed by atoms with Crippen LogP contribution in [-0.4, -0.2) is 36.1 Å². The van der Waals surface area contributed by atoms with Gasteiger partial charge in [0.1, 0.15) is 0 Å². The fraction of sp³-hybridized carbons (Fsp3) is 0.533. The highest BCUT2D eigenvalue weighted by atomic mass is 32.2. The van der Waals surface area contributed by atoms with Crippen LogP contribution in [-0.2, 0) is 5.75 Å². The number of thioether (sulfide) groups is 1. The number of hydrogen-bond donors (Lipinski definition) is 3. The lowest BCUT2D eigenvalue weighted by atomic mass is 10.2. The number of aliphatic hydroxyl groups is 1. The van der Waals surface area contributed by atoms with Crippen LogP contribution in [0.2, 0.25) is 0 Å². The van der Waals surface area contributed by atoms with Crippen molar-refractivity contribution in [2.45, 2.75) is 32.1 Å². The zero-order valence-electron chi connectivity index (χ0n) is 12.2. The largest absolute Gasteiger partial charge is 0.394 e. The fourth-order valence-electron chi connectivity index (χ4n) is 1.69. The molecule has 4 nitrogen and oxygen atoms in total. The number of carbonyl (C=O) groups is 1. The second-order valence-electron chi connectivity index (χ2n) is 4.88. The van der Waals surface area contributed by atoms with Gasteiger partial charge in [0.15, 0.2) is 0 Å². The molecule has 0 heterocycles. The molecule has 0 saturated carbocycles. The molecule has 1 aromatic carbocycles. The first-order chi connectivity index (χ1) is 9.61. The van der Waals surface area contributed by atoms with Crippen LogP contribution in [0.5, 0.6) is 0 Å². The van der Waals surface area contributed by atoms with Crippen LogP contribution < -0.4 is 10.6 Å². The predicted molar refractivity (Wildman–Crippen MR) is 85.0 cm³/mol. The molecule has 1 atom stereocenters. The van der Waals surface area contributed by atoms with E-state index in [2.05, 4.69) is 41.8 Å². The Morgan fingerprint density at radius 3 is 2.95 bits per heavy atom. The number of carbonyl (C=O) groups excluding carboxylic acids is 1. The number of benzene rings is 1. The van der Waals surface area contributed by atoms with Crippen molar-refractivity contribution in [3.05, 3.63) is 35.4 Å². The van der Waals surface area contributed by atoms with Crippen LogP contribution >= 0.6 is 11.8 Å². The molecule has 2 amide bonds. The number of rotatable bonds is 8. The van der Waals surface area contributed by atoms with E-state index in [1.165, 1.54) is 11.1 Å². The molecule has 0 spiro atoms. The van der Waals surface area contributed by atoms with Crippen molar-refractivity contribution in [2.75, 3.05) is 18.9 Å². The molecular formula is C15H24N2O2S. The summed E-state index contributed by atoms with van der Waals surface area (Å²) >= 11 is 1.87. The smallest absolute Gasteiger partial charge is 0.315 e. The molecule has 0 saturated heterocycles. The first-order valence-corrected chi connectivity index (χ1v) is 8.06. The van der Waals surface area contributed by atoms with Gasteiger partial charge >= 0.3 is 6.03 Å². The molecule has 0 radical (unpaired) electrons. The fourth-order valence-corrected chi connectivity index (χ4v) is 2.60. The summed E-state index contributed by atoms with van der Waals surface area (Å²) in [6, 6.07) is 8.11. The minimum absolute atomic E-state index is 0.0419. The van der Waals surface area contributed by atoms with E-state index in [9.17, 15) is 4.79 Å². The molecule has 0 unspecified atom stereocenters. The van der Waals surface area contributed by atoms with Crippen molar-refractivity contribution in [1.82, 2.24) is 10.6 Å². The first-order valence-electron chi connectivity index (χ1n) is 6.90. The Morgan fingerprint density at radius 1 is 1.45 bits per heavy atom. The number of aryl methyl sites for hydroxylation is 1. The summed E-state index contributed by atoms with van der Waals surface area (Å²) in [7, 11) is 0. The van der Waals surface area contributed by atoms with Gasteiger partial charge in [0, 0.05) is 12.3 Å². The average molecular weight is 296 g/mol. The summed E-state index contributed by atoms with van der Waals surface area (Å²) in [4.78, 5) is 11.4. The van der Waals surface area contributed by atoms with E-state index >= 15 is 0 Å². The summed E-state index contributed by atoms with van der Waals surface area (Å²) in [6.45, 7) is 4.48. The van der Waals surface area contributed by atoms with Gasteiger partial charge in [0.25, 0.3) is 0 Å². The van der Waals surface area contributed by atoms with Crippen LogP contribution in [0.1, 0.15) is 24.5 Å². The zero-order valence-corrected chi connectivity index (χ0v) is 13.0. The van der Waals surface area contributed by atoms with Gasteiger partial charge in [0.2, 0.25) is 0 Å². The van der Waals surface area contributed by atoms with E-state index in [1.54, 1.807) is 6.92 Å². The molecule has 0 aromatic heterocycles. The minimum Gasteiger partial charge on any atom is -0.394 e. The molecule has 0 aliphatic heterocycles. The molecule has 1 aromatic rings. The Hall–Kier alpha value is -1.20. The lowest BCUT2D eigenvalue weighted by Gasteiger charge is -2.11. The summed E-state index contributed by atoms with van der Waals surface area (Å²) in [5, 5.41) is 14.2. The zero-order chi connectivity index (χ0) is 14.8. The Labute approximate surface area is 125 Å². The van der Waals surface area contributed by atoms with Gasteiger partial charge in [-0.3, -0.25) is 0 Å². The maximum absolute atomic E-state index is 11.4. The van der Waals surface area contributed by atoms with Crippen LogP contribution in [0.4, 0.5) is 4.79 Å². The topological polar surface area (TPSA) is 61.4 Å². The highest BCUT2D eigenvalue weighted by Gasteiger charge is 2.04. The summed E-state index contributed by atoms with van der Waals surface area (Å²) in [5.74, 6) is 2.03. The first kappa shape index (κ1) is 16.9. The average Bonchev–Trinajstić information content (AvgIpc) is 2.42. The van der Waals surface area contributed by atoms with Gasteiger partial charge in [-0.15, -0.1) is 0 Å². The van der Waals surface area contributed by atoms with Crippen molar-refractivity contribution >= 4 is 17.8 Å².